The quantitative estimate of drug-likeness (QED) is 0.238. The highest BCUT2D eigenvalue weighted by Gasteiger charge is 2.39. The first kappa shape index (κ1) is 29.6. The Kier molecular flexibility index (Phi) is 8.08. The van der Waals surface area contributed by atoms with Gasteiger partial charge in [-0.1, -0.05) is 48.5 Å². The van der Waals surface area contributed by atoms with Gasteiger partial charge in [0.05, 0.1) is 29.0 Å². The predicted molar refractivity (Wildman–Crippen MR) is 144 cm³/mol. The van der Waals surface area contributed by atoms with Crippen LogP contribution in [0.15, 0.2) is 90.1 Å². The highest BCUT2D eigenvalue weighted by atomic mass is 32.2. The molecule has 4 aromatic rings. The monoisotopic (exact) mass is 608 g/mol. The van der Waals surface area contributed by atoms with Crippen molar-refractivity contribution in [1.29, 1.82) is 0 Å². The average Bonchev–Trinajstić information content (AvgIpc) is 3.37. The van der Waals surface area contributed by atoms with E-state index in [0.29, 0.717) is 24.1 Å². The van der Waals surface area contributed by atoms with Crippen LogP contribution in [0.5, 0.6) is 0 Å². The molecular weight excluding hydrogens is 582 g/mol. The number of H-pyrrole nitrogens is 1. The third-order valence-electron chi connectivity index (χ3n) is 7.25. The number of fused-ring (bicyclic) bond motifs is 1. The number of halogens is 6. The molecule has 0 saturated carbocycles. The number of anilines is 1. The molecule has 0 aliphatic carbocycles. The first-order valence-corrected chi connectivity index (χ1v) is 14.4. The van der Waals surface area contributed by atoms with E-state index in [0.717, 1.165) is 36.2 Å². The van der Waals surface area contributed by atoms with Crippen molar-refractivity contribution < 1.29 is 34.8 Å². The summed E-state index contributed by atoms with van der Waals surface area (Å²) in [5, 5.41) is 0. The molecule has 222 valence electrons. The van der Waals surface area contributed by atoms with Crippen molar-refractivity contribution in [3.8, 4) is 0 Å². The highest BCUT2D eigenvalue weighted by molar-refractivity contribution is 7.89. The Balaban J connectivity index is 1.55. The van der Waals surface area contributed by atoms with Crippen molar-refractivity contribution >= 4 is 15.7 Å². The molecule has 3 aromatic carbocycles. The number of sulfonamides is 1. The van der Waals surface area contributed by atoms with Crippen LogP contribution in [0.4, 0.5) is 32.0 Å². The largest absolute Gasteiger partial charge is 0.435 e. The van der Waals surface area contributed by atoms with E-state index in [-0.39, 0.29) is 30.2 Å². The molecule has 13 heteroatoms. The van der Waals surface area contributed by atoms with E-state index in [1.165, 1.54) is 4.31 Å². The van der Waals surface area contributed by atoms with Crippen LogP contribution in [0, 0.1) is 0 Å². The van der Waals surface area contributed by atoms with Gasteiger partial charge in [0.15, 0.2) is 5.69 Å². The minimum atomic E-state index is -4.70. The number of aromatic amines is 1. The van der Waals surface area contributed by atoms with Gasteiger partial charge in [-0.05, 0) is 54.3 Å². The summed E-state index contributed by atoms with van der Waals surface area (Å²) in [5.74, 6) is 0. The molecule has 1 atom stereocenters. The molecule has 5 rings (SSSR count). The Morgan fingerprint density at radius 1 is 0.857 bits per heavy atom. The zero-order chi connectivity index (χ0) is 30.1. The van der Waals surface area contributed by atoms with Crippen LogP contribution < -0.4 is 4.90 Å². The van der Waals surface area contributed by atoms with Crippen LogP contribution in [0.3, 0.4) is 0 Å². The number of aryl methyl sites for hydroxylation is 1. The lowest BCUT2D eigenvalue weighted by Gasteiger charge is -2.34. The third-order valence-corrected chi connectivity index (χ3v) is 9.07. The Bertz CT molecular complexity index is 1620. The topological polar surface area (TPSA) is 69.3 Å². The number of hydrogen-bond donors (Lipinski definition) is 1. The van der Waals surface area contributed by atoms with Crippen molar-refractivity contribution in [3.63, 3.8) is 0 Å². The number of hydrogen-bond acceptors (Lipinski definition) is 4. The van der Waals surface area contributed by atoms with Gasteiger partial charge in [0.25, 0.3) is 0 Å². The Hall–Kier alpha value is -3.84. The number of aromatic nitrogens is 2. The van der Waals surface area contributed by atoms with E-state index in [2.05, 4.69) is 9.97 Å². The molecule has 0 amide bonds. The summed E-state index contributed by atoms with van der Waals surface area (Å²) in [7, 11) is -4.28. The van der Waals surface area contributed by atoms with E-state index in [1.54, 1.807) is 29.2 Å². The van der Waals surface area contributed by atoms with Crippen LogP contribution in [-0.2, 0) is 41.9 Å². The normalized spacial score (nSPS) is 16.7. The first-order chi connectivity index (χ1) is 19.8. The van der Waals surface area contributed by atoms with Crippen LogP contribution in [0.25, 0.3) is 0 Å². The van der Waals surface area contributed by atoms with Crippen molar-refractivity contribution in [3.05, 3.63) is 113 Å². The van der Waals surface area contributed by atoms with Crippen LogP contribution in [0.1, 0.15) is 34.5 Å². The van der Waals surface area contributed by atoms with Crippen LogP contribution in [-0.4, -0.2) is 35.3 Å². The Morgan fingerprint density at radius 2 is 1.52 bits per heavy atom. The Labute approximate surface area is 238 Å². The van der Waals surface area contributed by atoms with Crippen molar-refractivity contribution in [2.24, 2.45) is 0 Å². The summed E-state index contributed by atoms with van der Waals surface area (Å²) in [4.78, 5) is 7.51. The molecular formula is C29H26F6N4O2S. The first-order valence-electron chi connectivity index (χ1n) is 13.0. The molecule has 1 aliphatic rings. The zero-order valence-electron chi connectivity index (χ0n) is 22.0. The van der Waals surface area contributed by atoms with Gasteiger partial charge in [0.2, 0.25) is 10.0 Å². The number of imidazole rings is 1. The minimum absolute atomic E-state index is 0.111. The predicted octanol–water partition coefficient (Wildman–Crippen LogP) is 6.66. The second kappa shape index (κ2) is 11.4. The number of alkyl halides is 6. The lowest BCUT2D eigenvalue weighted by molar-refractivity contribution is -0.141. The molecule has 0 radical (unpaired) electrons. The van der Waals surface area contributed by atoms with Crippen LogP contribution in [0.2, 0.25) is 0 Å². The smallest absolute Gasteiger partial charge is 0.361 e. The summed E-state index contributed by atoms with van der Waals surface area (Å²) >= 11 is 0. The zero-order valence-corrected chi connectivity index (χ0v) is 22.8. The molecule has 6 nitrogen and oxygen atoms in total. The lowest BCUT2D eigenvalue weighted by atomic mass is 10.0. The van der Waals surface area contributed by atoms with Gasteiger partial charge in [0.1, 0.15) is 0 Å². The molecule has 0 fully saturated rings. The molecule has 1 aromatic heterocycles. The van der Waals surface area contributed by atoms with Gasteiger partial charge in [-0.2, -0.15) is 30.6 Å². The van der Waals surface area contributed by atoms with Gasteiger partial charge in [0, 0.05) is 24.8 Å². The number of nitrogens with one attached hydrogen (secondary N) is 1. The molecule has 0 saturated heterocycles. The summed E-state index contributed by atoms with van der Waals surface area (Å²) in [6.45, 7) is -0.452. The van der Waals surface area contributed by atoms with Crippen molar-refractivity contribution in [2.45, 2.75) is 49.2 Å². The lowest BCUT2D eigenvalue weighted by Crippen LogP contribution is -2.44. The molecule has 1 aliphatic heterocycles. The number of rotatable bonds is 7. The van der Waals surface area contributed by atoms with Gasteiger partial charge < -0.3 is 9.88 Å². The van der Waals surface area contributed by atoms with E-state index in [1.807, 2.05) is 30.3 Å². The molecule has 42 heavy (non-hydrogen) atoms. The van der Waals surface area contributed by atoms with E-state index >= 15 is 0 Å². The number of nitrogens with zero attached hydrogens (tertiary/aromatic N) is 3. The van der Waals surface area contributed by atoms with E-state index in [9.17, 15) is 34.8 Å². The van der Waals surface area contributed by atoms with Crippen molar-refractivity contribution in [2.75, 3.05) is 11.4 Å². The van der Waals surface area contributed by atoms with Gasteiger partial charge in [-0.25, -0.2) is 13.4 Å². The second-order valence-electron chi connectivity index (χ2n) is 9.98. The molecule has 1 N–H and O–H groups in total. The fraction of sp³-hybridized carbons (Fsp3) is 0.276. The minimum Gasteiger partial charge on any atom is -0.361 e. The molecule has 0 spiro atoms. The fourth-order valence-electron chi connectivity index (χ4n) is 5.15. The van der Waals surface area contributed by atoms with Gasteiger partial charge in [-0.3, -0.25) is 0 Å². The van der Waals surface area contributed by atoms with Gasteiger partial charge >= 0.3 is 12.4 Å². The summed E-state index contributed by atoms with van der Waals surface area (Å²) in [6, 6.07) is 18.9. The maximum atomic E-state index is 13.8. The third kappa shape index (κ3) is 6.31. The van der Waals surface area contributed by atoms with Crippen LogP contribution >= 0.6 is 0 Å². The molecule has 0 bridgehead atoms. The fourth-order valence-corrected chi connectivity index (χ4v) is 6.61. The maximum Gasteiger partial charge on any atom is 0.435 e. The van der Waals surface area contributed by atoms with Gasteiger partial charge in [-0.15, -0.1) is 0 Å². The van der Waals surface area contributed by atoms with E-state index in [4.69, 9.17) is 0 Å². The summed E-state index contributed by atoms with van der Waals surface area (Å²) in [6.07, 6.45) is -7.46. The average molecular weight is 609 g/mol. The van der Waals surface area contributed by atoms with Crippen molar-refractivity contribution in [1.82, 2.24) is 14.3 Å². The molecule has 2 heterocycles. The number of benzene rings is 3. The van der Waals surface area contributed by atoms with E-state index < -0.39 is 39.7 Å². The Morgan fingerprint density at radius 3 is 2.19 bits per heavy atom. The summed E-state index contributed by atoms with van der Waals surface area (Å²) < 4.78 is 109. The standard InChI is InChI=1S/C29H26F6N4O2S/c30-28(31,32)22-11-14-24(15-12-22)42(40,41)38-16-21-8-4-5-9-26(21)39(18-25-27(29(33,34)35)37-19-36-25)23(17-38)13-10-20-6-2-1-3-7-20/h1-9,11-12,14-15,19,23H,10,13,16-18H2,(H,36,37). The second-order valence-corrected chi connectivity index (χ2v) is 11.9. The maximum absolute atomic E-state index is 13.8. The molecule has 1 unspecified atom stereocenters. The SMILES string of the molecule is O=S(=O)(c1ccc(C(F)(F)F)cc1)N1Cc2ccccc2N(Cc2[nH]cnc2C(F)(F)F)C(CCc2ccccc2)C1. The number of para-hydroxylation sites is 1. The summed E-state index contributed by atoms with van der Waals surface area (Å²) in [5.41, 5.74) is -0.132. The highest BCUT2D eigenvalue weighted by Crippen LogP contribution is 2.36.